The molecular formula is C16H14F3N3O2S. The number of nitrogens with zero attached hydrogens (tertiary/aromatic N) is 2. The molecule has 2 aromatic heterocycles. The van der Waals surface area contributed by atoms with E-state index in [1.54, 1.807) is 24.3 Å². The maximum atomic E-state index is 12.7. The summed E-state index contributed by atoms with van der Waals surface area (Å²) < 4.78 is 77.6. The monoisotopic (exact) mass is 372 g/mol. The van der Waals surface area contributed by atoms with Gasteiger partial charge in [-0.15, -0.1) is 0 Å². The van der Waals surface area contributed by atoms with E-state index in [9.17, 15) is 17.7 Å². The van der Waals surface area contributed by atoms with Crippen molar-refractivity contribution in [3.05, 3.63) is 47.8 Å². The van der Waals surface area contributed by atoms with Crippen LogP contribution in [0.15, 0.2) is 41.7 Å². The average molecular weight is 372 g/mol. The zero-order valence-electron chi connectivity index (χ0n) is 15.6. The van der Waals surface area contributed by atoms with Crippen LogP contribution < -0.4 is 4.74 Å². The summed E-state index contributed by atoms with van der Waals surface area (Å²) in [4.78, 5) is 11.0. The smallest absolute Gasteiger partial charge is 0.422 e. The van der Waals surface area contributed by atoms with Gasteiger partial charge in [-0.2, -0.15) is 18.2 Å². The van der Waals surface area contributed by atoms with Gasteiger partial charge >= 0.3 is 11.3 Å². The van der Waals surface area contributed by atoms with Crippen LogP contribution in [0.3, 0.4) is 0 Å². The Morgan fingerprint density at radius 3 is 2.84 bits per heavy atom. The molecule has 0 spiro atoms. The normalized spacial score (nSPS) is 15.4. The number of aromatic amines is 1. The van der Waals surface area contributed by atoms with Gasteiger partial charge in [-0.25, -0.2) is 0 Å². The van der Waals surface area contributed by atoms with Crippen molar-refractivity contribution in [2.24, 2.45) is 0 Å². The Kier molecular flexibility index (Phi) is 3.87. The second kappa shape index (κ2) is 6.93. The number of aromatic nitrogens is 3. The number of nitrogens with one attached hydrogen (secondary N) is 1. The lowest BCUT2D eigenvalue weighted by Crippen LogP contribution is -2.20. The van der Waals surface area contributed by atoms with Crippen molar-refractivity contribution in [3.8, 4) is 5.75 Å². The summed E-state index contributed by atoms with van der Waals surface area (Å²) in [5.41, 5.74) is 0.594. The lowest BCUT2D eigenvalue weighted by Gasteiger charge is -2.14. The molecule has 0 aliphatic carbocycles. The molecule has 0 amide bonds. The highest BCUT2D eigenvalue weighted by molar-refractivity contribution is 7.90. The number of rotatable bonds is 5. The minimum Gasteiger partial charge on any atom is -0.609 e. The molecule has 132 valence electrons. The van der Waals surface area contributed by atoms with E-state index in [0.717, 1.165) is 12.3 Å². The van der Waals surface area contributed by atoms with Crippen molar-refractivity contribution < 1.29 is 26.6 Å². The van der Waals surface area contributed by atoms with Crippen molar-refractivity contribution in [2.45, 2.75) is 23.9 Å². The van der Waals surface area contributed by atoms with Crippen LogP contribution in [0.4, 0.5) is 13.2 Å². The van der Waals surface area contributed by atoms with E-state index in [1.165, 1.54) is 0 Å². The number of pyridine rings is 1. The number of alkyl halides is 3. The fourth-order valence-corrected chi connectivity index (χ4v) is 3.13. The van der Waals surface area contributed by atoms with Gasteiger partial charge in [-0.1, -0.05) is 12.1 Å². The molecule has 0 saturated heterocycles. The number of ether oxygens (including phenoxy) is 1. The Bertz CT molecular complexity index is 946. The van der Waals surface area contributed by atoms with E-state index >= 15 is 0 Å². The number of benzene rings is 1. The Morgan fingerprint density at radius 2 is 2.12 bits per heavy atom. The summed E-state index contributed by atoms with van der Waals surface area (Å²) in [5.74, 6) is -0.819. The molecule has 0 bridgehead atoms. The molecule has 3 rings (SSSR count). The Balaban J connectivity index is 1.91. The van der Waals surface area contributed by atoms with Crippen molar-refractivity contribution >= 4 is 22.2 Å². The third-order valence-corrected chi connectivity index (χ3v) is 4.39. The number of fused-ring (bicyclic) bond motifs is 1. The Labute approximate surface area is 148 Å². The summed E-state index contributed by atoms with van der Waals surface area (Å²) in [6.07, 6.45) is -3.52. The second-order valence-corrected chi connectivity index (χ2v) is 6.45. The number of hydrogen-bond donors (Lipinski definition) is 1. The van der Waals surface area contributed by atoms with Gasteiger partial charge in [0, 0.05) is 27.0 Å². The molecule has 1 unspecified atom stereocenters. The fourth-order valence-electron chi connectivity index (χ4n) is 2.10. The third kappa shape index (κ3) is 4.23. The van der Waals surface area contributed by atoms with Crippen LogP contribution in [0.2, 0.25) is 0 Å². The van der Waals surface area contributed by atoms with Gasteiger partial charge < -0.3 is 9.29 Å². The maximum Gasteiger partial charge on any atom is 0.422 e. The first-order chi connectivity index (χ1) is 13.0. The molecule has 2 heterocycles. The van der Waals surface area contributed by atoms with Crippen LogP contribution in [0.1, 0.15) is 15.4 Å². The summed E-state index contributed by atoms with van der Waals surface area (Å²) in [5, 5.41) is 0.112. The predicted molar refractivity (Wildman–Crippen MR) is 86.7 cm³/mol. The molecule has 1 aromatic carbocycles. The molecule has 0 fully saturated rings. The molecule has 0 radical (unpaired) electrons. The quantitative estimate of drug-likeness (QED) is 0.696. The SMILES string of the molecule is [2H]C([2H])([2H])c1c(OCC(F)(F)F)ccnc1C[S+]([O-])c1nc2ccccc2[nH]1. The van der Waals surface area contributed by atoms with Crippen LogP contribution in [0.25, 0.3) is 11.0 Å². The van der Waals surface area contributed by atoms with Gasteiger partial charge in [0.2, 0.25) is 0 Å². The summed E-state index contributed by atoms with van der Waals surface area (Å²) in [6, 6.07) is 8.01. The molecule has 9 heteroatoms. The Hall–Kier alpha value is -2.26. The van der Waals surface area contributed by atoms with Crippen molar-refractivity contribution in [3.63, 3.8) is 0 Å². The van der Waals surface area contributed by atoms with E-state index in [4.69, 9.17) is 4.11 Å². The van der Waals surface area contributed by atoms with Crippen molar-refractivity contribution in [1.29, 1.82) is 0 Å². The number of imidazole rings is 1. The molecule has 5 nitrogen and oxygen atoms in total. The molecular weight excluding hydrogens is 355 g/mol. The number of para-hydroxylation sites is 2. The third-order valence-electron chi connectivity index (χ3n) is 3.23. The van der Waals surface area contributed by atoms with Crippen LogP contribution in [0.5, 0.6) is 5.75 Å². The molecule has 1 atom stereocenters. The minimum atomic E-state index is -4.63. The molecule has 1 N–H and O–H groups in total. The summed E-state index contributed by atoms with van der Waals surface area (Å²) >= 11 is -1.80. The standard InChI is InChI=1S/C16H14F3N3O2S/c1-10-13(20-7-6-14(10)24-9-16(17,18)19)8-25(23)15-21-11-4-2-3-5-12(11)22-15/h2-7H,8-9H2,1H3,(H,21,22)/i1D3. The van der Waals surface area contributed by atoms with Gasteiger partial charge in [0.1, 0.15) is 5.75 Å². The number of H-pyrrole nitrogens is 1. The summed E-state index contributed by atoms with van der Waals surface area (Å²) in [7, 11) is 0. The maximum absolute atomic E-state index is 12.7. The topological polar surface area (TPSA) is 73.9 Å². The van der Waals surface area contributed by atoms with E-state index in [2.05, 4.69) is 19.7 Å². The highest BCUT2D eigenvalue weighted by atomic mass is 32.2. The van der Waals surface area contributed by atoms with Crippen LogP contribution >= 0.6 is 0 Å². The van der Waals surface area contributed by atoms with Gasteiger partial charge in [-0.05, 0) is 25.1 Å². The van der Waals surface area contributed by atoms with E-state index < -0.39 is 42.1 Å². The molecule has 25 heavy (non-hydrogen) atoms. The van der Waals surface area contributed by atoms with Crippen molar-refractivity contribution in [2.75, 3.05) is 6.61 Å². The average Bonchev–Trinajstić information content (AvgIpc) is 3.02. The van der Waals surface area contributed by atoms with Gasteiger partial charge in [0.05, 0.1) is 16.7 Å². The lowest BCUT2D eigenvalue weighted by molar-refractivity contribution is -0.153. The number of hydrogen-bond acceptors (Lipinski definition) is 4. The second-order valence-electron chi connectivity index (χ2n) is 5.08. The van der Waals surface area contributed by atoms with Gasteiger partial charge in [0.25, 0.3) is 0 Å². The zero-order valence-corrected chi connectivity index (χ0v) is 13.4. The highest BCUT2D eigenvalue weighted by Gasteiger charge is 2.29. The molecule has 0 aliphatic rings. The molecule has 0 saturated carbocycles. The first-order valence-corrected chi connectivity index (χ1v) is 8.37. The van der Waals surface area contributed by atoms with E-state index in [-0.39, 0.29) is 16.6 Å². The minimum absolute atomic E-state index is 0.112. The zero-order chi connectivity index (χ0) is 20.5. The van der Waals surface area contributed by atoms with Crippen LogP contribution in [0, 0.1) is 6.85 Å². The van der Waals surface area contributed by atoms with Gasteiger partial charge in [0.15, 0.2) is 12.4 Å². The van der Waals surface area contributed by atoms with Crippen molar-refractivity contribution in [1.82, 2.24) is 15.0 Å². The molecule has 3 aromatic rings. The highest BCUT2D eigenvalue weighted by Crippen LogP contribution is 2.25. The van der Waals surface area contributed by atoms with Gasteiger partial charge in [-0.3, -0.25) is 9.97 Å². The fraction of sp³-hybridized carbons (Fsp3) is 0.250. The molecule has 0 aliphatic heterocycles. The van der Waals surface area contributed by atoms with Crippen LogP contribution in [-0.4, -0.2) is 32.3 Å². The largest absolute Gasteiger partial charge is 0.609 e. The summed E-state index contributed by atoms with van der Waals surface area (Å²) in [6.45, 7) is -4.45. The van der Waals surface area contributed by atoms with Crippen LogP contribution in [-0.2, 0) is 16.9 Å². The Morgan fingerprint density at radius 1 is 1.32 bits per heavy atom. The first-order valence-electron chi connectivity index (χ1n) is 8.55. The lowest BCUT2D eigenvalue weighted by atomic mass is 10.2. The predicted octanol–water partition coefficient (Wildman–Crippen LogP) is 3.52. The first kappa shape index (κ1) is 14.0. The van der Waals surface area contributed by atoms with E-state index in [0.29, 0.717) is 11.0 Å². The number of halogens is 3. The van der Waals surface area contributed by atoms with E-state index in [1.807, 2.05) is 0 Å².